The fraction of sp³-hybridized carbons (Fsp3) is 0.200. The minimum Gasteiger partial charge on any atom is -0.455 e. The second-order valence-electron chi connectivity index (χ2n) is 7.39. The SMILES string of the molecule is O=C(CN1CCN(C(=O)c2ccccc2)CC1)Nc1ccccc1Oc1ccccc1. The number of nitrogens with one attached hydrogen (secondary N) is 1. The molecule has 2 amide bonds. The Bertz CT molecular complexity index is 1020. The van der Waals surface area contributed by atoms with E-state index in [1.54, 1.807) is 0 Å². The second-order valence-corrected chi connectivity index (χ2v) is 7.39. The van der Waals surface area contributed by atoms with Gasteiger partial charge in [-0.2, -0.15) is 0 Å². The van der Waals surface area contributed by atoms with E-state index in [1.165, 1.54) is 0 Å². The highest BCUT2D eigenvalue weighted by atomic mass is 16.5. The van der Waals surface area contributed by atoms with Gasteiger partial charge < -0.3 is 15.0 Å². The monoisotopic (exact) mass is 415 g/mol. The van der Waals surface area contributed by atoms with E-state index in [0.717, 1.165) is 0 Å². The van der Waals surface area contributed by atoms with Gasteiger partial charge in [0.25, 0.3) is 5.91 Å². The lowest BCUT2D eigenvalue weighted by Crippen LogP contribution is -2.50. The van der Waals surface area contributed by atoms with Crippen LogP contribution in [0.1, 0.15) is 10.4 Å². The Labute approximate surface area is 182 Å². The molecular formula is C25H25N3O3. The number of amides is 2. The van der Waals surface area contributed by atoms with Crippen molar-refractivity contribution in [3.8, 4) is 11.5 Å². The summed E-state index contributed by atoms with van der Waals surface area (Å²) >= 11 is 0. The van der Waals surface area contributed by atoms with Crippen LogP contribution in [0.4, 0.5) is 5.69 Å². The van der Waals surface area contributed by atoms with E-state index in [9.17, 15) is 9.59 Å². The number of hydrogen-bond donors (Lipinski definition) is 1. The number of carbonyl (C=O) groups is 2. The molecule has 158 valence electrons. The highest BCUT2D eigenvalue weighted by molar-refractivity contribution is 5.95. The van der Waals surface area contributed by atoms with Crippen molar-refractivity contribution in [3.63, 3.8) is 0 Å². The topological polar surface area (TPSA) is 61.9 Å². The molecule has 1 aliphatic heterocycles. The summed E-state index contributed by atoms with van der Waals surface area (Å²) in [6.07, 6.45) is 0. The first-order chi connectivity index (χ1) is 15.2. The summed E-state index contributed by atoms with van der Waals surface area (Å²) in [7, 11) is 0. The third kappa shape index (κ3) is 5.49. The Morgan fingerprint density at radius 3 is 2.10 bits per heavy atom. The van der Waals surface area contributed by atoms with Crippen LogP contribution in [-0.2, 0) is 4.79 Å². The first-order valence-electron chi connectivity index (χ1n) is 10.4. The average Bonchev–Trinajstić information content (AvgIpc) is 2.82. The van der Waals surface area contributed by atoms with Crippen molar-refractivity contribution < 1.29 is 14.3 Å². The molecule has 0 spiro atoms. The first kappa shape index (κ1) is 20.6. The fourth-order valence-electron chi connectivity index (χ4n) is 3.54. The highest BCUT2D eigenvalue weighted by Gasteiger charge is 2.23. The van der Waals surface area contributed by atoms with Crippen LogP contribution in [0.5, 0.6) is 11.5 Å². The third-order valence-electron chi connectivity index (χ3n) is 5.18. The van der Waals surface area contributed by atoms with Gasteiger partial charge in [0.05, 0.1) is 12.2 Å². The maximum atomic E-state index is 12.6. The Morgan fingerprint density at radius 1 is 0.774 bits per heavy atom. The zero-order chi connectivity index (χ0) is 21.5. The largest absolute Gasteiger partial charge is 0.455 e. The molecule has 3 aromatic carbocycles. The van der Waals surface area contributed by atoms with Crippen LogP contribution in [0.15, 0.2) is 84.9 Å². The van der Waals surface area contributed by atoms with E-state index in [0.29, 0.717) is 48.9 Å². The molecule has 0 bridgehead atoms. The van der Waals surface area contributed by atoms with Gasteiger partial charge >= 0.3 is 0 Å². The van der Waals surface area contributed by atoms with Crippen LogP contribution >= 0.6 is 0 Å². The molecule has 6 heteroatoms. The Hall–Kier alpha value is -3.64. The number of piperazine rings is 1. The lowest BCUT2D eigenvalue weighted by Gasteiger charge is -2.34. The van der Waals surface area contributed by atoms with Crippen LogP contribution < -0.4 is 10.1 Å². The Balaban J connectivity index is 1.30. The van der Waals surface area contributed by atoms with Crippen LogP contribution in [0.2, 0.25) is 0 Å². The van der Waals surface area contributed by atoms with E-state index in [1.807, 2.05) is 89.8 Å². The van der Waals surface area contributed by atoms with Gasteiger partial charge in [-0.3, -0.25) is 14.5 Å². The molecule has 0 radical (unpaired) electrons. The maximum absolute atomic E-state index is 12.6. The Morgan fingerprint density at radius 2 is 1.39 bits per heavy atom. The van der Waals surface area contributed by atoms with Gasteiger partial charge in [0.2, 0.25) is 5.91 Å². The number of benzene rings is 3. The predicted octanol–water partition coefficient (Wildman–Crippen LogP) is 3.88. The summed E-state index contributed by atoms with van der Waals surface area (Å²) in [4.78, 5) is 29.1. The number of rotatable bonds is 6. The van der Waals surface area contributed by atoms with Gasteiger partial charge in [-0.15, -0.1) is 0 Å². The van der Waals surface area contributed by atoms with Gasteiger partial charge in [-0.1, -0.05) is 48.5 Å². The molecular weight excluding hydrogens is 390 g/mol. The number of anilines is 1. The summed E-state index contributed by atoms with van der Waals surface area (Å²) < 4.78 is 5.91. The van der Waals surface area contributed by atoms with Gasteiger partial charge in [0, 0.05) is 31.7 Å². The van der Waals surface area contributed by atoms with Crippen LogP contribution in [0, 0.1) is 0 Å². The van der Waals surface area contributed by atoms with Crippen LogP contribution in [-0.4, -0.2) is 54.3 Å². The fourth-order valence-corrected chi connectivity index (χ4v) is 3.54. The van der Waals surface area contributed by atoms with E-state index in [4.69, 9.17) is 4.74 Å². The van der Waals surface area contributed by atoms with Crippen LogP contribution in [0.3, 0.4) is 0 Å². The number of hydrogen-bond acceptors (Lipinski definition) is 4. The minimum atomic E-state index is -0.105. The molecule has 1 saturated heterocycles. The van der Waals surface area contributed by atoms with E-state index < -0.39 is 0 Å². The van der Waals surface area contributed by atoms with Crippen LogP contribution in [0.25, 0.3) is 0 Å². The zero-order valence-corrected chi connectivity index (χ0v) is 17.2. The van der Waals surface area contributed by atoms with Crippen molar-refractivity contribution in [1.82, 2.24) is 9.80 Å². The normalized spacial score (nSPS) is 14.1. The van der Waals surface area contributed by atoms with Gasteiger partial charge in [0.1, 0.15) is 5.75 Å². The second kappa shape index (κ2) is 9.91. The smallest absolute Gasteiger partial charge is 0.253 e. The summed E-state index contributed by atoms with van der Waals surface area (Å²) in [5.74, 6) is 1.24. The molecule has 0 unspecified atom stereocenters. The van der Waals surface area contributed by atoms with Crippen molar-refractivity contribution in [2.45, 2.75) is 0 Å². The molecule has 0 atom stereocenters. The van der Waals surface area contributed by atoms with Gasteiger partial charge in [0.15, 0.2) is 5.75 Å². The summed E-state index contributed by atoms with van der Waals surface area (Å²) in [6, 6.07) is 26.2. The van der Waals surface area contributed by atoms with Crippen molar-refractivity contribution >= 4 is 17.5 Å². The molecule has 4 rings (SSSR count). The molecule has 1 heterocycles. The number of ether oxygens (including phenoxy) is 1. The molecule has 6 nitrogen and oxygen atoms in total. The van der Waals surface area contributed by atoms with Gasteiger partial charge in [-0.05, 0) is 36.4 Å². The molecule has 3 aromatic rings. The van der Waals surface area contributed by atoms with Crippen molar-refractivity contribution in [2.24, 2.45) is 0 Å². The Kier molecular flexibility index (Phi) is 6.59. The molecule has 0 aromatic heterocycles. The lowest BCUT2D eigenvalue weighted by atomic mass is 10.2. The standard InChI is InChI=1S/C25H25N3O3/c29-24(26-22-13-7-8-14-23(22)31-21-11-5-2-6-12-21)19-27-15-17-28(18-16-27)25(30)20-9-3-1-4-10-20/h1-14H,15-19H2,(H,26,29). The van der Waals surface area contributed by atoms with Gasteiger partial charge in [-0.25, -0.2) is 0 Å². The quantitative estimate of drug-likeness (QED) is 0.664. The average molecular weight is 415 g/mol. The predicted molar refractivity (Wildman–Crippen MR) is 120 cm³/mol. The highest BCUT2D eigenvalue weighted by Crippen LogP contribution is 2.29. The molecule has 31 heavy (non-hydrogen) atoms. The first-order valence-corrected chi connectivity index (χ1v) is 10.4. The number of carbonyl (C=O) groups excluding carboxylic acids is 2. The van der Waals surface area contributed by atoms with E-state index in [2.05, 4.69) is 10.2 Å². The third-order valence-corrected chi connectivity index (χ3v) is 5.18. The summed E-state index contributed by atoms with van der Waals surface area (Å²) in [5.41, 5.74) is 1.33. The molecule has 1 N–H and O–H groups in total. The zero-order valence-electron chi connectivity index (χ0n) is 17.2. The lowest BCUT2D eigenvalue weighted by molar-refractivity contribution is -0.117. The van der Waals surface area contributed by atoms with E-state index >= 15 is 0 Å². The summed E-state index contributed by atoms with van der Waals surface area (Å²) in [6.45, 7) is 2.80. The minimum absolute atomic E-state index is 0.0386. The van der Waals surface area contributed by atoms with E-state index in [-0.39, 0.29) is 18.4 Å². The molecule has 0 saturated carbocycles. The molecule has 1 fully saturated rings. The number of para-hydroxylation sites is 3. The van der Waals surface area contributed by atoms with Crippen molar-refractivity contribution in [1.29, 1.82) is 0 Å². The van der Waals surface area contributed by atoms with Crippen molar-refractivity contribution in [3.05, 3.63) is 90.5 Å². The molecule has 0 aliphatic carbocycles. The molecule has 1 aliphatic rings. The maximum Gasteiger partial charge on any atom is 0.253 e. The van der Waals surface area contributed by atoms with Crippen molar-refractivity contribution in [2.75, 3.05) is 38.0 Å². The summed E-state index contributed by atoms with van der Waals surface area (Å²) in [5, 5.41) is 2.95. The number of nitrogens with zero attached hydrogens (tertiary/aromatic N) is 2.